The molecule has 0 aliphatic carbocycles. The quantitative estimate of drug-likeness (QED) is 0.875. The Hall–Kier alpha value is -1.51. The molecule has 140 valence electrons. The van der Waals surface area contributed by atoms with Crippen LogP contribution in [-0.4, -0.2) is 74.1 Å². The van der Waals surface area contributed by atoms with E-state index >= 15 is 0 Å². The predicted molar refractivity (Wildman–Crippen MR) is 92.0 cm³/mol. The summed E-state index contributed by atoms with van der Waals surface area (Å²) in [6, 6.07) is 2.45. The fourth-order valence-corrected chi connectivity index (χ4v) is 2.67. The first kappa shape index (κ1) is 19.8. The van der Waals surface area contributed by atoms with Crippen LogP contribution in [0.15, 0.2) is 18.2 Å². The first-order chi connectivity index (χ1) is 11.7. The van der Waals surface area contributed by atoms with Gasteiger partial charge < -0.3 is 15.1 Å². The Labute approximate surface area is 150 Å². The summed E-state index contributed by atoms with van der Waals surface area (Å²) in [6.45, 7) is 4.37. The molecule has 1 aliphatic heterocycles. The molecule has 1 heterocycles. The largest absolute Gasteiger partial charge is 0.416 e. The number of nitrogens with one attached hydrogen (secondary N) is 1. The third-order valence-electron chi connectivity index (χ3n) is 4.06. The molecule has 1 aliphatic rings. The molecule has 1 fully saturated rings. The second-order valence-corrected chi connectivity index (χ2v) is 6.66. The molecule has 5 nitrogen and oxygen atoms in total. The molecule has 1 N–H and O–H groups in total. The highest BCUT2D eigenvalue weighted by molar-refractivity contribution is 6.33. The van der Waals surface area contributed by atoms with Crippen LogP contribution in [-0.2, 0) is 6.18 Å². The van der Waals surface area contributed by atoms with E-state index in [0.717, 1.165) is 44.4 Å². The molecule has 0 saturated carbocycles. The van der Waals surface area contributed by atoms with Crippen LogP contribution in [0.2, 0.25) is 5.02 Å². The molecule has 1 aromatic carbocycles. The number of anilines is 1. The average Bonchev–Trinajstić information content (AvgIpc) is 2.54. The Balaban J connectivity index is 1.93. The number of rotatable bonds is 4. The Morgan fingerprint density at radius 2 is 1.88 bits per heavy atom. The number of likely N-dealkylation sites (N-methyl/N-ethyl adjacent to an activating group) is 1. The van der Waals surface area contributed by atoms with Gasteiger partial charge in [0.1, 0.15) is 0 Å². The first-order valence-corrected chi connectivity index (χ1v) is 8.34. The lowest BCUT2D eigenvalue weighted by Crippen LogP contribution is -2.51. The smallest absolute Gasteiger partial charge is 0.322 e. The molecule has 2 rings (SSSR count). The number of halogens is 4. The SMILES string of the molecule is CN(C)CCN1CCN(C(=O)Nc2cc(C(F)(F)F)ccc2Cl)CC1. The third kappa shape index (κ3) is 5.76. The van der Waals surface area contributed by atoms with Gasteiger partial charge in [-0.3, -0.25) is 4.90 Å². The molecule has 1 saturated heterocycles. The van der Waals surface area contributed by atoms with E-state index in [2.05, 4.69) is 15.1 Å². The normalized spacial score (nSPS) is 16.4. The maximum atomic E-state index is 12.8. The molecule has 25 heavy (non-hydrogen) atoms. The number of urea groups is 1. The van der Waals surface area contributed by atoms with Crippen molar-refractivity contribution in [1.82, 2.24) is 14.7 Å². The van der Waals surface area contributed by atoms with Crippen LogP contribution in [0, 0.1) is 0 Å². The van der Waals surface area contributed by atoms with E-state index in [1.807, 2.05) is 14.1 Å². The minimum Gasteiger partial charge on any atom is -0.322 e. The van der Waals surface area contributed by atoms with Gasteiger partial charge in [0.05, 0.1) is 16.3 Å². The second kappa shape index (κ2) is 8.25. The molecule has 0 atom stereocenters. The van der Waals surface area contributed by atoms with Gasteiger partial charge in [-0.1, -0.05) is 11.6 Å². The van der Waals surface area contributed by atoms with E-state index < -0.39 is 17.8 Å². The summed E-state index contributed by atoms with van der Waals surface area (Å²) in [4.78, 5) is 18.2. The summed E-state index contributed by atoms with van der Waals surface area (Å²) in [6.07, 6.45) is -4.48. The highest BCUT2D eigenvalue weighted by Gasteiger charge is 2.31. The zero-order valence-corrected chi connectivity index (χ0v) is 15.0. The number of carbonyl (C=O) groups is 1. The molecular formula is C16H22ClF3N4O. The number of carbonyl (C=O) groups excluding carboxylic acids is 1. The van der Waals surface area contributed by atoms with E-state index in [1.54, 1.807) is 4.90 Å². The van der Waals surface area contributed by atoms with Crippen LogP contribution in [0.1, 0.15) is 5.56 Å². The summed E-state index contributed by atoms with van der Waals surface area (Å²) in [7, 11) is 4.00. The average molecular weight is 379 g/mol. The van der Waals surface area contributed by atoms with Crippen LogP contribution in [0.4, 0.5) is 23.7 Å². The van der Waals surface area contributed by atoms with Gasteiger partial charge in [-0.25, -0.2) is 4.79 Å². The van der Waals surface area contributed by atoms with Crippen molar-refractivity contribution in [3.63, 3.8) is 0 Å². The fourth-order valence-electron chi connectivity index (χ4n) is 2.51. The van der Waals surface area contributed by atoms with E-state index in [9.17, 15) is 18.0 Å². The van der Waals surface area contributed by atoms with E-state index in [0.29, 0.717) is 13.1 Å². The molecule has 0 unspecified atom stereocenters. The second-order valence-electron chi connectivity index (χ2n) is 6.25. The summed E-state index contributed by atoms with van der Waals surface area (Å²) >= 11 is 5.91. The summed E-state index contributed by atoms with van der Waals surface area (Å²) in [5, 5.41) is 2.56. The van der Waals surface area contributed by atoms with Crippen molar-refractivity contribution >= 4 is 23.3 Å². The topological polar surface area (TPSA) is 38.8 Å². The van der Waals surface area contributed by atoms with Crippen LogP contribution in [0.25, 0.3) is 0 Å². The number of hydrogen-bond donors (Lipinski definition) is 1. The number of piperazine rings is 1. The van der Waals surface area contributed by atoms with Crippen LogP contribution < -0.4 is 5.32 Å². The predicted octanol–water partition coefficient (Wildman–Crippen LogP) is 3.07. The number of nitrogens with zero attached hydrogens (tertiary/aromatic N) is 3. The van der Waals surface area contributed by atoms with Crippen LogP contribution in [0.5, 0.6) is 0 Å². The van der Waals surface area contributed by atoms with Crippen molar-refractivity contribution in [2.75, 3.05) is 58.7 Å². The lowest BCUT2D eigenvalue weighted by atomic mass is 10.2. The van der Waals surface area contributed by atoms with E-state index in [4.69, 9.17) is 11.6 Å². The van der Waals surface area contributed by atoms with Crippen molar-refractivity contribution in [2.45, 2.75) is 6.18 Å². The zero-order chi connectivity index (χ0) is 18.6. The molecule has 0 spiro atoms. The van der Waals surface area contributed by atoms with Crippen molar-refractivity contribution in [3.05, 3.63) is 28.8 Å². The van der Waals surface area contributed by atoms with Gasteiger partial charge in [0.25, 0.3) is 0 Å². The lowest BCUT2D eigenvalue weighted by molar-refractivity contribution is -0.137. The third-order valence-corrected chi connectivity index (χ3v) is 4.39. The number of benzene rings is 1. The molecular weight excluding hydrogens is 357 g/mol. The van der Waals surface area contributed by atoms with Crippen molar-refractivity contribution in [2.24, 2.45) is 0 Å². The zero-order valence-electron chi connectivity index (χ0n) is 14.2. The van der Waals surface area contributed by atoms with Gasteiger partial charge in [-0.15, -0.1) is 0 Å². The van der Waals surface area contributed by atoms with Gasteiger partial charge in [0, 0.05) is 39.3 Å². The molecule has 0 radical (unpaired) electrons. The summed E-state index contributed by atoms with van der Waals surface area (Å²) < 4.78 is 38.4. The van der Waals surface area contributed by atoms with Gasteiger partial charge in [-0.2, -0.15) is 13.2 Å². The highest BCUT2D eigenvalue weighted by Crippen LogP contribution is 2.33. The maximum Gasteiger partial charge on any atom is 0.416 e. The first-order valence-electron chi connectivity index (χ1n) is 7.96. The maximum absolute atomic E-state index is 12.8. The Bertz CT molecular complexity index is 602. The monoisotopic (exact) mass is 378 g/mol. The van der Waals surface area contributed by atoms with Crippen molar-refractivity contribution < 1.29 is 18.0 Å². The lowest BCUT2D eigenvalue weighted by Gasteiger charge is -2.35. The Kier molecular flexibility index (Phi) is 6.53. The summed E-state index contributed by atoms with van der Waals surface area (Å²) in [5.74, 6) is 0. The molecule has 0 bridgehead atoms. The molecule has 1 aromatic rings. The van der Waals surface area contributed by atoms with Crippen molar-refractivity contribution in [3.8, 4) is 0 Å². The summed E-state index contributed by atoms with van der Waals surface area (Å²) in [5.41, 5.74) is -0.878. The van der Waals surface area contributed by atoms with Crippen LogP contribution >= 0.6 is 11.6 Å². The minimum atomic E-state index is -4.48. The van der Waals surface area contributed by atoms with Crippen molar-refractivity contribution in [1.29, 1.82) is 0 Å². The Morgan fingerprint density at radius 3 is 2.44 bits per heavy atom. The highest BCUT2D eigenvalue weighted by atomic mass is 35.5. The number of amides is 2. The number of alkyl halides is 3. The number of hydrogen-bond acceptors (Lipinski definition) is 3. The van der Waals surface area contributed by atoms with Gasteiger partial charge in [0.15, 0.2) is 0 Å². The molecule has 2 amide bonds. The molecule has 0 aromatic heterocycles. The Morgan fingerprint density at radius 1 is 1.24 bits per heavy atom. The van der Waals surface area contributed by atoms with Gasteiger partial charge in [-0.05, 0) is 32.3 Å². The van der Waals surface area contributed by atoms with E-state index in [1.165, 1.54) is 0 Å². The van der Waals surface area contributed by atoms with Crippen LogP contribution in [0.3, 0.4) is 0 Å². The van der Waals surface area contributed by atoms with Gasteiger partial charge in [0.2, 0.25) is 0 Å². The standard InChI is InChI=1S/C16H22ClF3N4O/c1-22(2)5-6-23-7-9-24(10-8-23)15(25)21-14-11-12(16(18,19)20)3-4-13(14)17/h3-4,11H,5-10H2,1-2H3,(H,21,25). The minimum absolute atomic E-state index is 0.0310. The molecule has 9 heteroatoms. The van der Waals surface area contributed by atoms with Gasteiger partial charge >= 0.3 is 12.2 Å². The van der Waals surface area contributed by atoms with E-state index in [-0.39, 0.29) is 10.7 Å². The fraction of sp³-hybridized carbons (Fsp3) is 0.562.